The number of hydrogen-bond acceptors (Lipinski definition) is 1. The third-order valence-corrected chi connectivity index (χ3v) is 3.90. The van der Waals surface area contributed by atoms with Crippen LogP contribution >= 0.6 is 0 Å². The molecule has 1 nitrogen and oxygen atoms in total. The highest BCUT2D eigenvalue weighted by Gasteiger charge is 2.46. The van der Waals surface area contributed by atoms with Crippen molar-refractivity contribution in [1.82, 2.24) is 0 Å². The molecule has 0 spiro atoms. The molecule has 2 unspecified atom stereocenters. The van der Waals surface area contributed by atoms with Gasteiger partial charge in [0, 0.05) is 0 Å². The molecule has 0 amide bonds. The molecule has 86 valence electrons. The van der Waals surface area contributed by atoms with E-state index >= 15 is 0 Å². The Hall–Kier alpha value is -1.05. The van der Waals surface area contributed by atoms with E-state index in [0.717, 1.165) is 36.7 Å². The summed E-state index contributed by atoms with van der Waals surface area (Å²) in [6.45, 7) is 2.03. The molecule has 0 bridgehead atoms. The summed E-state index contributed by atoms with van der Waals surface area (Å²) in [7, 11) is 0. The van der Waals surface area contributed by atoms with Crippen molar-refractivity contribution in [3.8, 4) is 5.75 Å². The molecule has 2 aliphatic carbocycles. The molecule has 2 fully saturated rings. The normalized spacial score (nSPS) is 31.2. The van der Waals surface area contributed by atoms with Crippen molar-refractivity contribution in [3.05, 3.63) is 29.6 Å². The second-order valence-corrected chi connectivity index (χ2v) is 5.09. The SMILES string of the molecule is CCc1ccc(OC2CC3CC3C2)c(F)c1. The largest absolute Gasteiger partial charge is 0.487 e. The smallest absolute Gasteiger partial charge is 0.165 e. The molecule has 0 aromatic heterocycles. The average Bonchev–Trinajstić information content (AvgIpc) is 2.89. The lowest BCUT2D eigenvalue weighted by Crippen LogP contribution is -2.14. The van der Waals surface area contributed by atoms with E-state index in [1.165, 1.54) is 6.42 Å². The summed E-state index contributed by atoms with van der Waals surface area (Å²) in [4.78, 5) is 0. The van der Waals surface area contributed by atoms with E-state index in [1.807, 2.05) is 13.0 Å². The van der Waals surface area contributed by atoms with Crippen LogP contribution in [0.4, 0.5) is 4.39 Å². The molecule has 0 saturated heterocycles. The molecular weight excluding hydrogens is 203 g/mol. The summed E-state index contributed by atoms with van der Waals surface area (Å²) in [6.07, 6.45) is 4.74. The van der Waals surface area contributed by atoms with Crippen molar-refractivity contribution in [2.45, 2.75) is 38.7 Å². The fourth-order valence-corrected chi connectivity index (χ4v) is 2.79. The van der Waals surface area contributed by atoms with Gasteiger partial charge in [0.25, 0.3) is 0 Å². The first-order chi connectivity index (χ1) is 7.76. The Labute approximate surface area is 95.6 Å². The van der Waals surface area contributed by atoms with Gasteiger partial charge >= 0.3 is 0 Å². The molecule has 3 rings (SSSR count). The van der Waals surface area contributed by atoms with E-state index in [0.29, 0.717) is 5.75 Å². The minimum absolute atomic E-state index is 0.208. The van der Waals surface area contributed by atoms with Gasteiger partial charge in [0.05, 0.1) is 6.10 Å². The summed E-state index contributed by atoms with van der Waals surface area (Å²) in [5, 5.41) is 0. The summed E-state index contributed by atoms with van der Waals surface area (Å²) < 4.78 is 19.4. The van der Waals surface area contributed by atoms with Crippen molar-refractivity contribution >= 4 is 0 Å². The molecule has 16 heavy (non-hydrogen) atoms. The third kappa shape index (κ3) is 1.81. The van der Waals surface area contributed by atoms with E-state index in [1.54, 1.807) is 12.1 Å². The topological polar surface area (TPSA) is 9.23 Å². The van der Waals surface area contributed by atoms with Gasteiger partial charge < -0.3 is 4.74 Å². The molecule has 0 heterocycles. The Balaban J connectivity index is 1.69. The number of aryl methyl sites for hydroxylation is 1. The van der Waals surface area contributed by atoms with Crippen LogP contribution in [0.2, 0.25) is 0 Å². The molecule has 1 aromatic rings. The average molecular weight is 220 g/mol. The Morgan fingerprint density at radius 3 is 2.62 bits per heavy atom. The van der Waals surface area contributed by atoms with Crippen molar-refractivity contribution < 1.29 is 9.13 Å². The van der Waals surface area contributed by atoms with E-state index in [4.69, 9.17) is 4.74 Å². The molecule has 2 atom stereocenters. The first-order valence-electron chi connectivity index (χ1n) is 6.21. The fourth-order valence-electron chi connectivity index (χ4n) is 2.79. The lowest BCUT2D eigenvalue weighted by atomic mass is 10.1. The monoisotopic (exact) mass is 220 g/mol. The van der Waals surface area contributed by atoms with Crippen LogP contribution in [-0.4, -0.2) is 6.10 Å². The predicted octanol–water partition coefficient (Wildman–Crippen LogP) is 3.57. The first-order valence-corrected chi connectivity index (χ1v) is 6.21. The Morgan fingerprint density at radius 1 is 1.25 bits per heavy atom. The highest BCUT2D eigenvalue weighted by molar-refractivity contribution is 5.29. The van der Waals surface area contributed by atoms with E-state index in [9.17, 15) is 4.39 Å². The Bertz CT molecular complexity index is 392. The van der Waals surface area contributed by atoms with Crippen molar-refractivity contribution in [1.29, 1.82) is 0 Å². The first kappa shape index (κ1) is 10.1. The molecular formula is C14H17FO. The number of rotatable bonds is 3. The molecule has 2 heteroatoms. The number of hydrogen-bond donors (Lipinski definition) is 0. The van der Waals surface area contributed by atoms with E-state index in [2.05, 4.69) is 0 Å². The summed E-state index contributed by atoms with van der Waals surface area (Å²) in [6, 6.07) is 5.32. The fraction of sp³-hybridized carbons (Fsp3) is 0.571. The predicted molar refractivity (Wildman–Crippen MR) is 61.0 cm³/mol. The van der Waals surface area contributed by atoms with Crippen LogP contribution in [0, 0.1) is 17.7 Å². The van der Waals surface area contributed by atoms with Crippen LogP contribution in [-0.2, 0) is 6.42 Å². The van der Waals surface area contributed by atoms with Gasteiger partial charge in [-0.2, -0.15) is 0 Å². The van der Waals surface area contributed by atoms with Gasteiger partial charge in [-0.15, -0.1) is 0 Å². The van der Waals surface area contributed by atoms with E-state index in [-0.39, 0.29) is 11.9 Å². The molecule has 0 radical (unpaired) electrons. The van der Waals surface area contributed by atoms with Gasteiger partial charge in [-0.05, 0) is 55.2 Å². The Morgan fingerprint density at radius 2 is 2.00 bits per heavy atom. The lowest BCUT2D eigenvalue weighted by Gasteiger charge is -2.15. The quantitative estimate of drug-likeness (QED) is 0.756. The third-order valence-electron chi connectivity index (χ3n) is 3.90. The van der Waals surface area contributed by atoms with Crippen molar-refractivity contribution in [2.75, 3.05) is 0 Å². The van der Waals surface area contributed by atoms with Gasteiger partial charge in [0.1, 0.15) is 0 Å². The maximum Gasteiger partial charge on any atom is 0.165 e. The summed E-state index contributed by atoms with van der Waals surface area (Å²) >= 11 is 0. The number of halogens is 1. The van der Waals surface area contributed by atoms with Gasteiger partial charge in [-0.3, -0.25) is 0 Å². The maximum atomic E-state index is 13.7. The number of benzene rings is 1. The zero-order valence-corrected chi connectivity index (χ0v) is 9.58. The lowest BCUT2D eigenvalue weighted by molar-refractivity contribution is 0.186. The minimum Gasteiger partial charge on any atom is -0.487 e. The van der Waals surface area contributed by atoms with Gasteiger partial charge in [0.15, 0.2) is 11.6 Å². The minimum atomic E-state index is -0.208. The van der Waals surface area contributed by atoms with Gasteiger partial charge in [0.2, 0.25) is 0 Å². The zero-order chi connectivity index (χ0) is 11.1. The van der Waals surface area contributed by atoms with Crippen LogP contribution in [0.5, 0.6) is 5.75 Å². The highest BCUT2D eigenvalue weighted by atomic mass is 19.1. The molecule has 0 aliphatic heterocycles. The van der Waals surface area contributed by atoms with Crippen molar-refractivity contribution in [2.24, 2.45) is 11.8 Å². The van der Waals surface area contributed by atoms with E-state index < -0.39 is 0 Å². The van der Waals surface area contributed by atoms with Crippen LogP contribution in [0.3, 0.4) is 0 Å². The number of ether oxygens (including phenoxy) is 1. The number of fused-ring (bicyclic) bond motifs is 1. The molecule has 0 N–H and O–H groups in total. The molecule has 2 saturated carbocycles. The molecule has 1 aromatic carbocycles. The van der Waals surface area contributed by atoms with Gasteiger partial charge in [-0.1, -0.05) is 13.0 Å². The van der Waals surface area contributed by atoms with Crippen molar-refractivity contribution in [3.63, 3.8) is 0 Å². The summed E-state index contributed by atoms with van der Waals surface area (Å²) in [5.41, 5.74) is 1.03. The summed E-state index contributed by atoms with van der Waals surface area (Å²) in [5.74, 6) is 1.98. The van der Waals surface area contributed by atoms with Crippen LogP contribution in [0.25, 0.3) is 0 Å². The second kappa shape index (κ2) is 3.76. The molecule has 2 aliphatic rings. The zero-order valence-electron chi connectivity index (χ0n) is 9.58. The highest BCUT2D eigenvalue weighted by Crippen LogP contribution is 2.52. The van der Waals surface area contributed by atoms with Crippen LogP contribution in [0.1, 0.15) is 31.7 Å². The second-order valence-electron chi connectivity index (χ2n) is 5.09. The van der Waals surface area contributed by atoms with Crippen LogP contribution in [0.15, 0.2) is 18.2 Å². The maximum absolute atomic E-state index is 13.7. The van der Waals surface area contributed by atoms with Gasteiger partial charge in [-0.25, -0.2) is 4.39 Å². The van der Waals surface area contributed by atoms with Crippen LogP contribution < -0.4 is 4.74 Å². The Kier molecular flexibility index (Phi) is 2.38. The standard InChI is InChI=1S/C14H17FO/c1-2-9-3-4-14(13(15)5-9)16-12-7-10-6-11(10)8-12/h3-5,10-12H,2,6-8H2,1H3.